The molecule has 1 rings (SSSR count). The standard InChI is InChI=1S/C10H10N2O6/c1-17-9(13)5-3-7(11)8(12(15)16)4-6(5)10(14)18-2/h3-4H,11H2,1-2H3. The number of hydrogen-bond acceptors (Lipinski definition) is 7. The van der Waals surface area contributed by atoms with E-state index < -0.39 is 22.5 Å². The molecule has 0 aliphatic rings. The molecule has 0 heterocycles. The lowest BCUT2D eigenvalue weighted by molar-refractivity contribution is -0.383. The predicted octanol–water partition coefficient (Wildman–Crippen LogP) is 0.750. The molecule has 0 amide bonds. The van der Waals surface area contributed by atoms with E-state index in [1.165, 1.54) is 0 Å². The number of methoxy groups -OCH3 is 2. The third-order valence-electron chi connectivity index (χ3n) is 2.17. The summed E-state index contributed by atoms with van der Waals surface area (Å²) in [5, 5.41) is 10.7. The van der Waals surface area contributed by atoms with Crippen LogP contribution in [-0.4, -0.2) is 31.1 Å². The van der Waals surface area contributed by atoms with Gasteiger partial charge in [0.05, 0.1) is 30.3 Å². The van der Waals surface area contributed by atoms with Crippen LogP contribution in [-0.2, 0) is 9.47 Å². The molecule has 0 atom stereocenters. The largest absolute Gasteiger partial charge is 0.465 e. The van der Waals surface area contributed by atoms with Gasteiger partial charge in [-0.2, -0.15) is 0 Å². The highest BCUT2D eigenvalue weighted by Gasteiger charge is 2.24. The van der Waals surface area contributed by atoms with Gasteiger partial charge in [0.1, 0.15) is 5.69 Å². The summed E-state index contributed by atoms with van der Waals surface area (Å²) >= 11 is 0. The van der Waals surface area contributed by atoms with Crippen LogP contribution in [0.5, 0.6) is 0 Å². The molecular weight excluding hydrogens is 244 g/mol. The summed E-state index contributed by atoms with van der Waals surface area (Å²) in [6.07, 6.45) is 0. The molecule has 0 radical (unpaired) electrons. The molecule has 0 spiro atoms. The van der Waals surface area contributed by atoms with Crippen molar-refractivity contribution >= 4 is 23.3 Å². The zero-order chi connectivity index (χ0) is 13.9. The zero-order valence-corrected chi connectivity index (χ0v) is 9.63. The van der Waals surface area contributed by atoms with Crippen LogP contribution in [0.3, 0.4) is 0 Å². The summed E-state index contributed by atoms with van der Waals surface area (Å²) in [7, 11) is 2.20. The van der Waals surface area contributed by atoms with Crippen LogP contribution in [0.25, 0.3) is 0 Å². The van der Waals surface area contributed by atoms with E-state index in [1.54, 1.807) is 0 Å². The van der Waals surface area contributed by atoms with E-state index in [0.29, 0.717) is 0 Å². The highest BCUT2D eigenvalue weighted by atomic mass is 16.6. The van der Waals surface area contributed by atoms with E-state index >= 15 is 0 Å². The molecule has 1 aromatic rings. The Hall–Kier alpha value is -2.64. The zero-order valence-electron chi connectivity index (χ0n) is 9.63. The maximum absolute atomic E-state index is 11.4. The number of hydrogen-bond donors (Lipinski definition) is 1. The normalized spacial score (nSPS) is 9.67. The lowest BCUT2D eigenvalue weighted by atomic mass is 10.1. The molecule has 0 saturated heterocycles. The van der Waals surface area contributed by atoms with Crippen LogP contribution in [0, 0.1) is 10.1 Å². The Kier molecular flexibility index (Phi) is 3.82. The molecule has 2 N–H and O–H groups in total. The lowest BCUT2D eigenvalue weighted by Gasteiger charge is -2.07. The van der Waals surface area contributed by atoms with Crippen molar-refractivity contribution in [1.82, 2.24) is 0 Å². The molecule has 1 aromatic carbocycles. The van der Waals surface area contributed by atoms with Crippen molar-refractivity contribution < 1.29 is 24.0 Å². The van der Waals surface area contributed by atoms with Crippen LogP contribution in [0.15, 0.2) is 12.1 Å². The molecular formula is C10H10N2O6. The number of rotatable bonds is 3. The van der Waals surface area contributed by atoms with Crippen LogP contribution in [0.2, 0.25) is 0 Å². The third kappa shape index (κ3) is 2.37. The van der Waals surface area contributed by atoms with Crippen molar-refractivity contribution in [1.29, 1.82) is 0 Å². The minimum Gasteiger partial charge on any atom is -0.465 e. The summed E-state index contributed by atoms with van der Waals surface area (Å²) in [6, 6.07) is 1.89. The van der Waals surface area contributed by atoms with Gasteiger partial charge in [0.25, 0.3) is 5.69 Å². The van der Waals surface area contributed by atoms with E-state index in [4.69, 9.17) is 5.73 Å². The SMILES string of the molecule is COC(=O)c1cc(N)c([N+](=O)[O-])cc1C(=O)OC. The minimum absolute atomic E-state index is 0.188. The first-order valence-corrected chi connectivity index (χ1v) is 4.67. The molecule has 0 fully saturated rings. The number of carbonyl (C=O) groups excluding carboxylic acids is 2. The fraction of sp³-hybridized carbons (Fsp3) is 0.200. The van der Waals surface area contributed by atoms with Gasteiger partial charge in [-0.15, -0.1) is 0 Å². The maximum Gasteiger partial charge on any atom is 0.338 e. The maximum atomic E-state index is 11.4. The number of benzene rings is 1. The third-order valence-corrected chi connectivity index (χ3v) is 2.17. The Morgan fingerprint density at radius 2 is 1.61 bits per heavy atom. The summed E-state index contributed by atoms with van der Waals surface area (Å²) < 4.78 is 8.89. The molecule has 0 aliphatic heterocycles. The second kappa shape index (κ2) is 5.13. The van der Waals surface area contributed by atoms with Crippen molar-refractivity contribution in [3.8, 4) is 0 Å². The van der Waals surface area contributed by atoms with Crippen LogP contribution in [0.4, 0.5) is 11.4 Å². The van der Waals surface area contributed by atoms with Crippen molar-refractivity contribution in [2.75, 3.05) is 20.0 Å². The van der Waals surface area contributed by atoms with Crippen molar-refractivity contribution in [2.45, 2.75) is 0 Å². The number of nitrogens with two attached hydrogens (primary N) is 1. The van der Waals surface area contributed by atoms with Gasteiger partial charge < -0.3 is 15.2 Å². The van der Waals surface area contributed by atoms with Gasteiger partial charge >= 0.3 is 11.9 Å². The van der Waals surface area contributed by atoms with Gasteiger partial charge in [-0.3, -0.25) is 10.1 Å². The second-order valence-corrected chi connectivity index (χ2v) is 3.20. The van der Waals surface area contributed by atoms with Gasteiger partial charge in [-0.05, 0) is 6.07 Å². The highest BCUT2D eigenvalue weighted by Crippen LogP contribution is 2.26. The Morgan fingerprint density at radius 1 is 1.17 bits per heavy atom. The Labute approximate surface area is 101 Å². The van der Waals surface area contributed by atoms with Crippen LogP contribution in [0.1, 0.15) is 20.7 Å². The predicted molar refractivity (Wildman–Crippen MR) is 60.2 cm³/mol. The first-order chi connectivity index (χ1) is 8.42. The van der Waals surface area contributed by atoms with Gasteiger partial charge in [0, 0.05) is 6.07 Å². The van der Waals surface area contributed by atoms with Gasteiger partial charge in [0.2, 0.25) is 0 Å². The summed E-state index contributed by atoms with van der Waals surface area (Å²) in [6.45, 7) is 0. The number of nitrogen functional groups attached to an aromatic ring is 1. The number of esters is 2. The highest BCUT2D eigenvalue weighted by molar-refractivity contribution is 6.04. The summed E-state index contributed by atoms with van der Waals surface area (Å²) in [5.41, 5.74) is 4.24. The minimum atomic E-state index is -0.890. The monoisotopic (exact) mass is 254 g/mol. The molecule has 96 valence electrons. The number of carbonyl (C=O) groups is 2. The first kappa shape index (κ1) is 13.4. The lowest BCUT2D eigenvalue weighted by Crippen LogP contribution is -2.13. The Balaban J connectivity index is 3.51. The summed E-state index contributed by atoms with van der Waals surface area (Å²) in [4.78, 5) is 32.8. The van der Waals surface area contributed by atoms with Gasteiger partial charge in [-0.1, -0.05) is 0 Å². The fourth-order valence-corrected chi connectivity index (χ4v) is 1.32. The van der Waals surface area contributed by atoms with E-state index in [9.17, 15) is 19.7 Å². The number of nitrogens with zero attached hydrogens (tertiary/aromatic N) is 1. The Morgan fingerprint density at radius 3 is 2.00 bits per heavy atom. The van der Waals surface area contributed by atoms with Crippen LogP contribution < -0.4 is 5.73 Å². The van der Waals surface area contributed by atoms with E-state index in [-0.39, 0.29) is 16.8 Å². The molecule has 0 aromatic heterocycles. The van der Waals surface area contributed by atoms with E-state index in [2.05, 4.69) is 9.47 Å². The number of ether oxygens (including phenoxy) is 2. The average molecular weight is 254 g/mol. The number of nitro groups is 1. The van der Waals surface area contributed by atoms with Crippen molar-refractivity contribution in [3.63, 3.8) is 0 Å². The molecule has 0 bridgehead atoms. The fourth-order valence-electron chi connectivity index (χ4n) is 1.32. The first-order valence-electron chi connectivity index (χ1n) is 4.67. The molecule has 0 saturated carbocycles. The van der Waals surface area contributed by atoms with Gasteiger partial charge in [0.15, 0.2) is 0 Å². The smallest absolute Gasteiger partial charge is 0.338 e. The second-order valence-electron chi connectivity index (χ2n) is 3.20. The van der Waals surface area contributed by atoms with Crippen molar-refractivity contribution in [2.24, 2.45) is 0 Å². The molecule has 8 heteroatoms. The van der Waals surface area contributed by atoms with Crippen LogP contribution >= 0.6 is 0 Å². The average Bonchev–Trinajstić information content (AvgIpc) is 2.36. The molecule has 18 heavy (non-hydrogen) atoms. The van der Waals surface area contributed by atoms with E-state index in [1.807, 2.05) is 0 Å². The number of nitro benzene ring substituents is 1. The topological polar surface area (TPSA) is 122 Å². The quantitative estimate of drug-likeness (QED) is 0.365. The molecule has 0 unspecified atom stereocenters. The van der Waals surface area contributed by atoms with Crippen molar-refractivity contribution in [3.05, 3.63) is 33.4 Å². The Bertz CT molecular complexity index is 525. The summed E-state index contributed by atoms with van der Waals surface area (Å²) in [5.74, 6) is -1.73. The molecule has 0 aliphatic carbocycles. The van der Waals surface area contributed by atoms with Gasteiger partial charge in [-0.25, -0.2) is 9.59 Å². The number of anilines is 1. The molecule has 8 nitrogen and oxygen atoms in total. The van der Waals surface area contributed by atoms with E-state index in [0.717, 1.165) is 26.4 Å².